The van der Waals surface area contributed by atoms with Crippen molar-refractivity contribution in [3.63, 3.8) is 0 Å². The molecule has 0 saturated carbocycles. The van der Waals surface area contributed by atoms with E-state index in [1.807, 2.05) is 6.07 Å². The molecule has 3 aromatic rings. The number of nitrogens with zero attached hydrogens (tertiary/aromatic N) is 5. The Labute approximate surface area is 164 Å². The zero-order valence-electron chi connectivity index (χ0n) is 15.1. The van der Waals surface area contributed by atoms with Gasteiger partial charge in [-0.25, -0.2) is 23.5 Å². The van der Waals surface area contributed by atoms with Crippen molar-refractivity contribution < 1.29 is 18.3 Å². The van der Waals surface area contributed by atoms with Crippen molar-refractivity contribution in [3.05, 3.63) is 59.7 Å². The van der Waals surface area contributed by atoms with Crippen LogP contribution in [0.1, 0.15) is 23.4 Å². The monoisotopic (exact) mass is 399 g/mol. The number of aromatic amines is 1. The predicted molar refractivity (Wildman–Crippen MR) is 98.5 cm³/mol. The Morgan fingerprint density at radius 3 is 2.72 bits per heavy atom. The van der Waals surface area contributed by atoms with Crippen LogP contribution in [-0.4, -0.2) is 33.3 Å². The van der Waals surface area contributed by atoms with E-state index in [2.05, 4.69) is 25.5 Å². The van der Waals surface area contributed by atoms with Gasteiger partial charge in [0.15, 0.2) is 0 Å². The highest BCUT2D eigenvalue weighted by Crippen LogP contribution is 2.21. The fourth-order valence-electron chi connectivity index (χ4n) is 2.43. The maximum atomic E-state index is 12.9. The van der Waals surface area contributed by atoms with E-state index in [4.69, 9.17) is 10.00 Å². The largest absolute Gasteiger partial charge is 0.467 e. The number of nitriles is 1. The van der Waals surface area contributed by atoms with Gasteiger partial charge in [-0.2, -0.15) is 10.4 Å². The fourth-order valence-corrected chi connectivity index (χ4v) is 2.43. The summed E-state index contributed by atoms with van der Waals surface area (Å²) in [6.45, 7) is -0.0980. The maximum absolute atomic E-state index is 12.9. The van der Waals surface area contributed by atoms with Gasteiger partial charge in [0.2, 0.25) is 0 Å². The molecule has 2 aromatic heterocycles. The molecule has 9 nitrogen and oxygen atoms in total. The molecule has 2 heterocycles. The number of ether oxygens (including phenoxy) is 1. The molecule has 2 N–H and O–H groups in total. The summed E-state index contributed by atoms with van der Waals surface area (Å²) in [6, 6.07) is 9.03. The van der Waals surface area contributed by atoms with Crippen LogP contribution < -0.4 is 15.0 Å². The molecule has 0 atom stereocenters. The molecular formula is C18H15F2N7O2. The van der Waals surface area contributed by atoms with Gasteiger partial charge in [-0.3, -0.25) is 10.00 Å². The average molecular weight is 399 g/mol. The van der Waals surface area contributed by atoms with E-state index in [0.29, 0.717) is 16.9 Å². The van der Waals surface area contributed by atoms with Gasteiger partial charge in [-0.05, 0) is 24.3 Å². The van der Waals surface area contributed by atoms with Crippen molar-refractivity contribution in [2.45, 2.75) is 13.0 Å². The molecule has 0 aliphatic carbocycles. The second-order valence-electron chi connectivity index (χ2n) is 5.76. The van der Waals surface area contributed by atoms with Crippen molar-refractivity contribution in [1.29, 1.82) is 5.26 Å². The molecule has 0 aliphatic rings. The van der Waals surface area contributed by atoms with Gasteiger partial charge in [0.25, 0.3) is 6.43 Å². The van der Waals surface area contributed by atoms with Crippen LogP contribution >= 0.6 is 0 Å². The second kappa shape index (κ2) is 8.75. The number of hydrogen-bond donors (Lipinski definition) is 2. The van der Waals surface area contributed by atoms with Crippen molar-refractivity contribution in [2.24, 2.45) is 0 Å². The standard InChI is InChI=1S/C18H15F2N7O2/c1-29-17-22-8-14(9-23-17)27(10-13-6-15(16(19)20)26-25-13)18(28)24-12-4-2-3-11(5-12)7-21/h2-6,8-9,16H,10H2,1H3,(H,24,28)(H,25,26). The molecule has 148 valence electrons. The normalized spacial score (nSPS) is 10.4. The van der Waals surface area contributed by atoms with Crippen LogP contribution in [0.25, 0.3) is 0 Å². The number of urea groups is 1. The Kier molecular flexibility index (Phi) is 5.94. The highest BCUT2D eigenvalue weighted by atomic mass is 19.3. The van der Waals surface area contributed by atoms with Gasteiger partial charge in [0, 0.05) is 5.69 Å². The quantitative estimate of drug-likeness (QED) is 0.657. The minimum atomic E-state index is -2.74. The van der Waals surface area contributed by atoms with Crippen molar-refractivity contribution in [2.75, 3.05) is 17.3 Å². The number of hydrogen-bond acceptors (Lipinski definition) is 6. The molecule has 3 rings (SSSR count). The van der Waals surface area contributed by atoms with Crippen LogP contribution in [0.2, 0.25) is 0 Å². The van der Waals surface area contributed by atoms with Gasteiger partial charge in [0.05, 0.1) is 49.1 Å². The van der Waals surface area contributed by atoms with Crippen LogP contribution in [0.3, 0.4) is 0 Å². The van der Waals surface area contributed by atoms with Crippen LogP contribution in [0.5, 0.6) is 6.01 Å². The molecule has 0 bridgehead atoms. The molecule has 2 amide bonds. The van der Waals surface area contributed by atoms with Gasteiger partial charge in [0.1, 0.15) is 5.69 Å². The highest BCUT2D eigenvalue weighted by molar-refractivity contribution is 6.01. The lowest BCUT2D eigenvalue weighted by molar-refractivity contribution is 0.146. The summed E-state index contributed by atoms with van der Waals surface area (Å²) in [5.41, 5.74) is 0.932. The molecular weight excluding hydrogens is 384 g/mol. The zero-order chi connectivity index (χ0) is 20.8. The fraction of sp³-hybridized carbons (Fsp3) is 0.167. The molecule has 0 fully saturated rings. The number of carbonyl (C=O) groups is 1. The summed E-state index contributed by atoms with van der Waals surface area (Å²) in [6.07, 6.45) is -0.0106. The lowest BCUT2D eigenvalue weighted by Gasteiger charge is -2.22. The van der Waals surface area contributed by atoms with Crippen LogP contribution in [0.4, 0.5) is 25.0 Å². The number of alkyl halides is 2. The number of carbonyl (C=O) groups excluding carboxylic acids is 1. The number of H-pyrrole nitrogens is 1. The zero-order valence-corrected chi connectivity index (χ0v) is 15.1. The smallest absolute Gasteiger partial charge is 0.326 e. The number of halogens is 2. The van der Waals surface area contributed by atoms with Gasteiger partial charge in [-0.15, -0.1) is 0 Å². The molecule has 11 heteroatoms. The predicted octanol–water partition coefficient (Wildman–Crippen LogP) is 3.26. The topological polar surface area (TPSA) is 120 Å². The minimum absolute atomic E-state index is 0.0980. The molecule has 1 aromatic carbocycles. The number of methoxy groups -OCH3 is 1. The summed E-state index contributed by atoms with van der Waals surface area (Å²) in [5.74, 6) is 0. The SMILES string of the molecule is COc1ncc(N(Cc2cc(C(F)F)n[nH]2)C(=O)Nc2cccc(C#N)c2)cn1. The molecule has 0 radical (unpaired) electrons. The first kappa shape index (κ1) is 19.7. The summed E-state index contributed by atoms with van der Waals surface area (Å²) in [7, 11) is 1.40. The molecule has 0 aliphatic heterocycles. The number of anilines is 2. The van der Waals surface area contributed by atoms with Gasteiger partial charge >= 0.3 is 12.0 Å². The molecule has 0 saturated heterocycles. The Bertz CT molecular complexity index is 1030. The molecule has 0 spiro atoms. The first-order valence-electron chi connectivity index (χ1n) is 8.27. The highest BCUT2D eigenvalue weighted by Gasteiger charge is 2.20. The third kappa shape index (κ3) is 4.81. The number of nitrogens with one attached hydrogen (secondary N) is 2. The van der Waals surface area contributed by atoms with E-state index < -0.39 is 18.2 Å². The van der Waals surface area contributed by atoms with Crippen molar-refractivity contribution >= 4 is 17.4 Å². The molecule has 0 unspecified atom stereocenters. The Balaban J connectivity index is 1.87. The van der Waals surface area contributed by atoms with E-state index in [9.17, 15) is 13.6 Å². The number of aromatic nitrogens is 4. The second-order valence-corrected chi connectivity index (χ2v) is 5.76. The van der Waals surface area contributed by atoms with Crippen molar-refractivity contribution in [1.82, 2.24) is 20.2 Å². The van der Waals surface area contributed by atoms with Crippen LogP contribution in [0.15, 0.2) is 42.7 Å². The number of amides is 2. The van der Waals surface area contributed by atoms with Crippen molar-refractivity contribution in [3.8, 4) is 12.1 Å². The van der Waals surface area contributed by atoms with E-state index >= 15 is 0 Å². The first-order chi connectivity index (χ1) is 14.0. The Hall–Kier alpha value is -4.07. The summed E-state index contributed by atoms with van der Waals surface area (Å²) < 4.78 is 30.5. The maximum Gasteiger partial charge on any atom is 0.326 e. The first-order valence-corrected chi connectivity index (χ1v) is 8.27. The number of benzene rings is 1. The van der Waals surface area contributed by atoms with Gasteiger partial charge in [-0.1, -0.05) is 6.07 Å². The summed E-state index contributed by atoms with van der Waals surface area (Å²) >= 11 is 0. The average Bonchev–Trinajstić information content (AvgIpc) is 3.21. The lowest BCUT2D eigenvalue weighted by Crippen LogP contribution is -2.34. The molecule has 29 heavy (non-hydrogen) atoms. The third-order valence-corrected chi connectivity index (χ3v) is 3.80. The lowest BCUT2D eigenvalue weighted by atomic mass is 10.2. The van der Waals surface area contributed by atoms with Gasteiger partial charge < -0.3 is 10.1 Å². The Morgan fingerprint density at radius 1 is 1.34 bits per heavy atom. The van der Waals surface area contributed by atoms with E-state index in [1.165, 1.54) is 36.5 Å². The number of rotatable bonds is 6. The Morgan fingerprint density at radius 2 is 2.10 bits per heavy atom. The van der Waals surface area contributed by atoms with Crippen LogP contribution in [-0.2, 0) is 6.54 Å². The summed E-state index contributed by atoms with van der Waals surface area (Å²) in [4.78, 5) is 22.0. The minimum Gasteiger partial charge on any atom is -0.467 e. The summed E-state index contributed by atoms with van der Waals surface area (Å²) in [5, 5.41) is 17.7. The third-order valence-electron chi connectivity index (χ3n) is 3.80. The van der Waals surface area contributed by atoms with Crippen LogP contribution in [0, 0.1) is 11.3 Å². The van der Waals surface area contributed by atoms with E-state index in [-0.39, 0.29) is 18.2 Å². The van der Waals surface area contributed by atoms with E-state index in [0.717, 1.165) is 0 Å². The van der Waals surface area contributed by atoms with E-state index in [1.54, 1.807) is 18.2 Å².